The van der Waals surface area contributed by atoms with Gasteiger partial charge in [0, 0.05) is 5.56 Å². The molecule has 2 aromatic rings. The Balaban J connectivity index is 2.11. The summed E-state index contributed by atoms with van der Waals surface area (Å²) in [5.74, 6) is -0.661. The van der Waals surface area contributed by atoms with Gasteiger partial charge in [-0.05, 0) is 42.0 Å². The summed E-state index contributed by atoms with van der Waals surface area (Å²) in [5, 5.41) is 8.76. The van der Waals surface area contributed by atoms with E-state index in [0.717, 1.165) is 6.07 Å². The molecule has 0 saturated heterocycles. The summed E-state index contributed by atoms with van der Waals surface area (Å²) in [6.07, 6.45) is 1.33. The van der Waals surface area contributed by atoms with E-state index in [4.69, 9.17) is 31.9 Å². The van der Waals surface area contributed by atoms with E-state index in [0.29, 0.717) is 17.1 Å². The van der Waals surface area contributed by atoms with Crippen molar-refractivity contribution in [1.82, 2.24) is 5.43 Å². The summed E-state index contributed by atoms with van der Waals surface area (Å²) >= 11 is 5.78. The van der Waals surface area contributed by atoms with Crippen LogP contribution in [0.15, 0.2) is 46.4 Å². The smallest absolute Gasteiger partial charge is 0.271 e. The third-order valence-corrected chi connectivity index (χ3v) is 4.83. The van der Waals surface area contributed by atoms with Gasteiger partial charge in [0.2, 0.25) is 10.0 Å². The summed E-state index contributed by atoms with van der Waals surface area (Å²) in [6.45, 7) is -0.304. The zero-order chi connectivity index (χ0) is 21.6. The Morgan fingerprint density at radius 3 is 2.55 bits per heavy atom. The van der Waals surface area contributed by atoms with Gasteiger partial charge in [-0.2, -0.15) is 5.10 Å². The second-order valence-electron chi connectivity index (χ2n) is 5.55. The molecule has 0 aromatic heterocycles. The Bertz CT molecular complexity index is 1070. The topological polar surface area (TPSA) is 163 Å². The summed E-state index contributed by atoms with van der Waals surface area (Å²) in [7, 11) is -2.66. The lowest BCUT2D eigenvalue weighted by atomic mass is 10.2. The van der Waals surface area contributed by atoms with E-state index in [1.807, 2.05) is 0 Å². The van der Waals surface area contributed by atoms with Gasteiger partial charge in [0.25, 0.3) is 11.8 Å². The number of amides is 2. The van der Waals surface area contributed by atoms with Gasteiger partial charge < -0.3 is 15.2 Å². The van der Waals surface area contributed by atoms with Crippen molar-refractivity contribution >= 4 is 39.7 Å². The number of rotatable bonds is 8. The molecule has 0 unspecified atom stereocenters. The first-order chi connectivity index (χ1) is 13.6. The first-order valence-electron chi connectivity index (χ1n) is 7.86. The molecule has 0 radical (unpaired) electrons. The number of primary sulfonamides is 1. The van der Waals surface area contributed by atoms with Crippen molar-refractivity contribution < 1.29 is 27.5 Å². The molecule has 29 heavy (non-hydrogen) atoms. The highest BCUT2D eigenvalue weighted by Crippen LogP contribution is 2.27. The molecule has 2 aromatic carbocycles. The van der Waals surface area contributed by atoms with Crippen molar-refractivity contribution in [3.63, 3.8) is 0 Å². The fourth-order valence-corrected chi connectivity index (χ4v) is 3.20. The normalized spacial score (nSPS) is 11.3. The maximum absolute atomic E-state index is 12.2. The SMILES string of the molecule is COc1cc(/C=N\NC(=O)c2ccc(Cl)c(S(N)(=O)=O)c2)ccc1OCC(N)=O. The molecule has 0 heterocycles. The van der Waals surface area contributed by atoms with E-state index in [-0.39, 0.29) is 22.1 Å². The van der Waals surface area contributed by atoms with E-state index in [9.17, 15) is 18.0 Å². The van der Waals surface area contributed by atoms with E-state index in [1.165, 1.54) is 25.5 Å². The molecular formula is C17H17ClN4O6S. The molecule has 5 N–H and O–H groups in total. The number of nitrogens with zero attached hydrogens (tertiary/aromatic N) is 1. The van der Waals surface area contributed by atoms with Crippen LogP contribution in [0.4, 0.5) is 0 Å². The number of methoxy groups -OCH3 is 1. The number of carbonyl (C=O) groups is 2. The Morgan fingerprint density at radius 2 is 1.93 bits per heavy atom. The third kappa shape index (κ3) is 6.17. The lowest BCUT2D eigenvalue weighted by Crippen LogP contribution is -2.20. The summed E-state index contributed by atoms with van der Waals surface area (Å²) in [5.41, 5.74) is 7.84. The number of benzene rings is 2. The number of sulfonamides is 1. The van der Waals surface area contributed by atoms with Crippen LogP contribution in [-0.4, -0.2) is 40.2 Å². The van der Waals surface area contributed by atoms with Crippen LogP contribution in [0.2, 0.25) is 5.02 Å². The maximum atomic E-state index is 12.2. The van der Waals surface area contributed by atoms with Crippen LogP contribution in [0.3, 0.4) is 0 Å². The van der Waals surface area contributed by atoms with Crippen LogP contribution in [-0.2, 0) is 14.8 Å². The fourth-order valence-electron chi connectivity index (χ4n) is 2.13. The number of hydrazone groups is 1. The number of halogens is 1. The van der Waals surface area contributed by atoms with E-state index in [1.54, 1.807) is 18.2 Å². The lowest BCUT2D eigenvalue weighted by molar-refractivity contribution is -0.119. The van der Waals surface area contributed by atoms with Crippen LogP contribution < -0.4 is 25.8 Å². The number of hydrogen-bond donors (Lipinski definition) is 3. The number of carbonyl (C=O) groups excluding carboxylic acids is 2. The van der Waals surface area contributed by atoms with Gasteiger partial charge in [0.1, 0.15) is 4.90 Å². The van der Waals surface area contributed by atoms with Gasteiger partial charge >= 0.3 is 0 Å². The van der Waals surface area contributed by atoms with Crippen LogP contribution in [0.1, 0.15) is 15.9 Å². The molecule has 154 valence electrons. The second kappa shape index (κ2) is 9.37. The molecule has 0 spiro atoms. The minimum atomic E-state index is -4.08. The van der Waals surface area contributed by atoms with Crippen molar-refractivity contribution in [3.05, 3.63) is 52.5 Å². The molecule has 0 saturated carbocycles. The average molecular weight is 441 g/mol. The summed E-state index contributed by atoms with van der Waals surface area (Å²) in [4.78, 5) is 22.6. The monoisotopic (exact) mass is 440 g/mol. The van der Waals surface area contributed by atoms with Crippen LogP contribution in [0.5, 0.6) is 11.5 Å². The van der Waals surface area contributed by atoms with E-state index in [2.05, 4.69) is 10.5 Å². The maximum Gasteiger partial charge on any atom is 0.271 e. The Kier molecular flexibility index (Phi) is 7.15. The highest BCUT2D eigenvalue weighted by Gasteiger charge is 2.16. The number of primary amides is 1. The molecule has 12 heteroatoms. The fraction of sp³-hybridized carbons (Fsp3) is 0.118. The van der Waals surface area contributed by atoms with Crippen LogP contribution in [0.25, 0.3) is 0 Å². The third-order valence-electron chi connectivity index (χ3n) is 3.44. The van der Waals surface area contributed by atoms with Gasteiger partial charge in [-0.3, -0.25) is 9.59 Å². The van der Waals surface area contributed by atoms with E-state index >= 15 is 0 Å². The van der Waals surface area contributed by atoms with Crippen molar-refractivity contribution in [3.8, 4) is 11.5 Å². The molecule has 10 nitrogen and oxygen atoms in total. The minimum absolute atomic E-state index is 0.00311. The lowest BCUT2D eigenvalue weighted by Gasteiger charge is -2.09. The van der Waals surface area contributed by atoms with Crippen molar-refractivity contribution in [2.24, 2.45) is 16.0 Å². The van der Waals surface area contributed by atoms with Crippen LogP contribution in [0, 0.1) is 0 Å². The number of ether oxygens (including phenoxy) is 2. The van der Waals surface area contributed by atoms with Crippen molar-refractivity contribution in [2.75, 3.05) is 13.7 Å². The Hall–Kier alpha value is -3.15. The Morgan fingerprint density at radius 1 is 1.21 bits per heavy atom. The highest BCUT2D eigenvalue weighted by molar-refractivity contribution is 7.89. The zero-order valence-corrected chi connectivity index (χ0v) is 16.7. The van der Waals surface area contributed by atoms with Crippen molar-refractivity contribution in [2.45, 2.75) is 4.90 Å². The molecule has 0 aliphatic heterocycles. The van der Waals surface area contributed by atoms with Crippen LogP contribution >= 0.6 is 11.6 Å². The number of nitrogens with one attached hydrogen (secondary N) is 1. The first-order valence-corrected chi connectivity index (χ1v) is 9.79. The first kappa shape index (κ1) is 22.1. The van der Waals surface area contributed by atoms with Gasteiger partial charge in [0.15, 0.2) is 18.1 Å². The summed E-state index contributed by atoms with van der Waals surface area (Å²) < 4.78 is 33.3. The molecule has 0 bridgehead atoms. The van der Waals surface area contributed by atoms with Gasteiger partial charge in [0.05, 0.1) is 18.3 Å². The molecule has 2 amide bonds. The predicted octanol–water partition coefficient (Wildman–Crippen LogP) is 0.624. The minimum Gasteiger partial charge on any atom is -0.493 e. The van der Waals surface area contributed by atoms with Gasteiger partial charge in [-0.15, -0.1) is 0 Å². The average Bonchev–Trinajstić information content (AvgIpc) is 2.65. The standard InChI is InChI=1S/C17H17ClN4O6S/c1-27-14-6-10(2-5-13(14)28-9-16(19)23)8-21-22-17(24)11-3-4-12(18)15(7-11)29(20,25)26/h2-8H,9H2,1H3,(H2,19,23)(H,22,24)(H2,20,25,26)/b21-8-. The summed E-state index contributed by atoms with van der Waals surface area (Å²) in [6, 6.07) is 8.34. The molecule has 0 atom stereocenters. The van der Waals surface area contributed by atoms with Gasteiger partial charge in [-0.1, -0.05) is 11.6 Å². The predicted molar refractivity (Wildman–Crippen MR) is 106 cm³/mol. The number of hydrogen-bond acceptors (Lipinski definition) is 7. The molecule has 0 aliphatic carbocycles. The van der Waals surface area contributed by atoms with Crippen molar-refractivity contribution in [1.29, 1.82) is 0 Å². The zero-order valence-electron chi connectivity index (χ0n) is 15.1. The number of nitrogens with two attached hydrogens (primary N) is 2. The second-order valence-corrected chi connectivity index (χ2v) is 7.49. The highest BCUT2D eigenvalue weighted by atomic mass is 35.5. The molecule has 2 rings (SSSR count). The Labute approximate surface area is 171 Å². The van der Waals surface area contributed by atoms with E-state index < -0.39 is 21.8 Å². The molecule has 0 aliphatic rings. The molecule has 0 fully saturated rings. The van der Waals surface area contributed by atoms with Gasteiger partial charge in [-0.25, -0.2) is 19.0 Å². The largest absolute Gasteiger partial charge is 0.493 e. The quantitative estimate of drug-likeness (QED) is 0.402. The molecular weight excluding hydrogens is 424 g/mol.